The Balaban J connectivity index is 2.05. The Labute approximate surface area is 180 Å². The molecule has 0 heterocycles. The Morgan fingerprint density at radius 3 is 2.38 bits per heavy atom. The first kappa shape index (κ1) is 21.6. The van der Waals surface area contributed by atoms with E-state index < -0.39 is 5.82 Å². The van der Waals surface area contributed by atoms with E-state index >= 15 is 4.39 Å². The lowest BCUT2D eigenvalue weighted by Crippen LogP contribution is -2.14. The molecule has 0 fully saturated rings. The number of ether oxygens (including phenoxy) is 2. The Morgan fingerprint density at radius 2 is 1.69 bits per heavy atom. The second kappa shape index (κ2) is 10.1. The Hall–Kier alpha value is -2.11. The predicted molar refractivity (Wildman–Crippen MR) is 117 cm³/mol. The molecule has 3 nitrogen and oxygen atoms in total. The summed E-state index contributed by atoms with van der Waals surface area (Å²) in [6.45, 7) is 0.970. The minimum Gasteiger partial charge on any atom is -0.488 e. The first-order valence-corrected chi connectivity index (χ1v) is 9.97. The zero-order chi connectivity index (χ0) is 20.8. The van der Waals surface area contributed by atoms with Crippen molar-refractivity contribution in [1.82, 2.24) is 0 Å². The SMILES string of the molecule is COCCOc1cccc(-c2cc(C(CN)c3ccccc3)c(Cl)cc2Cl)c1F. The highest BCUT2D eigenvalue weighted by Gasteiger charge is 2.20. The summed E-state index contributed by atoms with van der Waals surface area (Å²) < 4.78 is 25.6. The molecule has 1 unspecified atom stereocenters. The fraction of sp³-hybridized carbons (Fsp3) is 0.217. The van der Waals surface area contributed by atoms with Crippen LogP contribution in [0.5, 0.6) is 5.75 Å². The molecule has 0 aromatic heterocycles. The monoisotopic (exact) mass is 433 g/mol. The van der Waals surface area contributed by atoms with Crippen molar-refractivity contribution in [1.29, 1.82) is 0 Å². The maximum atomic E-state index is 15.1. The van der Waals surface area contributed by atoms with Gasteiger partial charge in [0.15, 0.2) is 11.6 Å². The van der Waals surface area contributed by atoms with E-state index in [0.29, 0.717) is 34.3 Å². The van der Waals surface area contributed by atoms with Crippen LogP contribution in [0.4, 0.5) is 4.39 Å². The van der Waals surface area contributed by atoms with Gasteiger partial charge in [-0.25, -0.2) is 4.39 Å². The van der Waals surface area contributed by atoms with Gasteiger partial charge in [0, 0.05) is 40.7 Å². The van der Waals surface area contributed by atoms with Gasteiger partial charge >= 0.3 is 0 Å². The van der Waals surface area contributed by atoms with Crippen LogP contribution in [-0.2, 0) is 4.74 Å². The second-order valence-corrected chi connectivity index (χ2v) is 7.33. The molecule has 1 atom stereocenters. The van der Waals surface area contributed by atoms with E-state index in [1.165, 1.54) is 0 Å². The van der Waals surface area contributed by atoms with Crippen LogP contribution in [0.25, 0.3) is 11.1 Å². The van der Waals surface area contributed by atoms with Crippen LogP contribution in [0.3, 0.4) is 0 Å². The third-order valence-corrected chi connectivity index (χ3v) is 5.34. The summed E-state index contributed by atoms with van der Waals surface area (Å²) in [5.74, 6) is -0.475. The molecule has 0 radical (unpaired) electrons. The van der Waals surface area contributed by atoms with Crippen LogP contribution in [-0.4, -0.2) is 26.9 Å². The van der Waals surface area contributed by atoms with Gasteiger partial charge in [-0.3, -0.25) is 0 Å². The van der Waals surface area contributed by atoms with Gasteiger partial charge in [-0.1, -0.05) is 65.7 Å². The lowest BCUT2D eigenvalue weighted by atomic mass is 9.89. The number of benzene rings is 3. The van der Waals surface area contributed by atoms with Crippen molar-refractivity contribution in [3.63, 3.8) is 0 Å². The zero-order valence-corrected chi connectivity index (χ0v) is 17.5. The highest BCUT2D eigenvalue weighted by atomic mass is 35.5. The summed E-state index contributed by atoms with van der Waals surface area (Å²) in [6, 6.07) is 18.2. The van der Waals surface area contributed by atoms with Crippen molar-refractivity contribution < 1.29 is 13.9 Å². The topological polar surface area (TPSA) is 44.5 Å². The molecule has 0 bridgehead atoms. The highest BCUT2D eigenvalue weighted by Crippen LogP contribution is 2.40. The number of nitrogens with two attached hydrogens (primary N) is 1. The summed E-state index contributed by atoms with van der Waals surface area (Å²) in [6.07, 6.45) is 0. The van der Waals surface area contributed by atoms with Crippen molar-refractivity contribution in [2.75, 3.05) is 26.9 Å². The van der Waals surface area contributed by atoms with E-state index in [1.54, 1.807) is 31.4 Å². The molecule has 0 amide bonds. The average Bonchev–Trinajstić information content (AvgIpc) is 2.73. The van der Waals surface area contributed by atoms with E-state index in [1.807, 2.05) is 36.4 Å². The van der Waals surface area contributed by atoms with Crippen LogP contribution < -0.4 is 10.5 Å². The Morgan fingerprint density at radius 1 is 0.931 bits per heavy atom. The molecular weight excluding hydrogens is 412 g/mol. The molecule has 3 aromatic carbocycles. The quantitative estimate of drug-likeness (QED) is 0.448. The van der Waals surface area contributed by atoms with Gasteiger partial charge in [0.25, 0.3) is 0 Å². The van der Waals surface area contributed by atoms with Gasteiger partial charge in [0.2, 0.25) is 0 Å². The highest BCUT2D eigenvalue weighted by molar-refractivity contribution is 6.37. The molecule has 152 valence electrons. The lowest BCUT2D eigenvalue weighted by Gasteiger charge is -2.20. The van der Waals surface area contributed by atoms with Crippen LogP contribution >= 0.6 is 23.2 Å². The molecule has 6 heteroatoms. The summed E-state index contributed by atoms with van der Waals surface area (Å²) in [5.41, 5.74) is 8.76. The molecule has 2 N–H and O–H groups in total. The van der Waals surface area contributed by atoms with Gasteiger partial charge in [-0.15, -0.1) is 0 Å². The van der Waals surface area contributed by atoms with Gasteiger partial charge in [0.05, 0.1) is 6.61 Å². The Bertz CT molecular complexity index is 967. The first-order chi connectivity index (χ1) is 14.1. The van der Waals surface area contributed by atoms with Crippen LogP contribution in [0.15, 0.2) is 60.7 Å². The minimum atomic E-state index is -0.484. The predicted octanol–water partition coefficient (Wildman–Crippen LogP) is 5.92. The zero-order valence-electron chi connectivity index (χ0n) is 16.0. The second-order valence-electron chi connectivity index (χ2n) is 6.51. The molecule has 0 aliphatic heterocycles. The fourth-order valence-corrected chi connectivity index (χ4v) is 3.85. The standard InChI is InChI=1S/C23H22Cl2FNO2/c1-28-10-11-29-22-9-5-8-16(23(22)26)17-12-18(21(25)13-20(17)24)19(14-27)15-6-3-2-4-7-15/h2-9,12-13,19H,10-11,14,27H2,1H3. The minimum absolute atomic E-state index is 0.135. The number of hydrogen-bond donors (Lipinski definition) is 1. The summed E-state index contributed by atoms with van der Waals surface area (Å²) in [4.78, 5) is 0. The molecule has 29 heavy (non-hydrogen) atoms. The van der Waals surface area contributed by atoms with E-state index in [9.17, 15) is 0 Å². The number of halogens is 3. The molecule has 3 rings (SSSR count). The van der Waals surface area contributed by atoms with Crippen LogP contribution in [0.1, 0.15) is 17.0 Å². The van der Waals surface area contributed by atoms with Gasteiger partial charge in [0.1, 0.15) is 6.61 Å². The summed E-state index contributed by atoms with van der Waals surface area (Å²) >= 11 is 12.9. The van der Waals surface area contributed by atoms with Crippen LogP contribution in [0.2, 0.25) is 10.0 Å². The van der Waals surface area contributed by atoms with Gasteiger partial charge < -0.3 is 15.2 Å². The number of methoxy groups -OCH3 is 1. The molecular formula is C23H22Cl2FNO2. The molecule has 0 saturated heterocycles. The normalized spacial score (nSPS) is 12.0. The summed E-state index contributed by atoms with van der Waals surface area (Å²) in [7, 11) is 1.56. The summed E-state index contributed by atoms with van der Waals surface area (Å²) in [5, 5.41) is 0.849. The van der Waals surface area contributed by atoms with Gasteiger partial charge in [-0.2, -0.15) is 0 Å². The van der Waals surface area contributed by atoms with Crippen molar-refractivity contribution in [2.45, 2.75) is 5.92 Å². The third kappa shape index (κ3) is 4.90. The van der Waals surface area contributed by atoms with Crippen LogP contribution in [0, 0.1) is 5.82 Å². The Kier molecular flexibility index (Phi) is 7.51. The van der Waals surface area contributed by atoms with E-state index in [-0.39, 0.29) is 18.3 Å². The van der Waals surface area contributed by atoms with Crippen molar-refractivity contribution in [3.8, 4) is 16.9 Å². The van der Waals surface area contributed by atoms with E-state index in [2.05, 4.69) is 0 Å². The maximum Gasteiger partial charge on any atom is 0.172 e. The first-order valence-electron chi connectivity index (χ1n) is 9.21. The van der Waals surface area contributed by atoms with Crippen molar-refractivity contribution in [3.05, 3.63) is 87.7 Å². The van der Waals surface area contributed by atoms with Crippen molar-refractivity contribution in [2.24, 2.45) is 5.73 Å². The van der Waals surface area contributed by atoms with E-state index in [4.69, 9.17) is 38.4 Å². The van der Waals surface area contributed by atoms with Gasteiger partial charge in [-0.05, 0) is 29.3 Å². The smallest absolute Gasteiger partial charge is 0.172 e. The third-order valence-electron chi connectivity index (χ3n) is 4.70. The fourth-order valence-electron chi connectivity index (χ4n) is 3.23. The number of hydrogen-bond acceptors (Lipinski definition) is 3. The van der Waals surface area contributed by atoms with E-state index in [0.717, 1.165) is 11.1 Å². The van der Waals surface area contributed by atoms with Crippen molar-refractivity contribution >= 4 is 23.2 Å². The lowest BCUT2D eigenvalue weighted by molar-refractivity contribution is 0.144. The molecule has 3 aromatic rings. The molecule has 0 aliphatic carbocycles. The maximum absolute atomic E-state index is 15.1. The largest absolute Gasteiger partial charge is 0.488 e. The molecule has 0 saturated carbocycles. The molecule has 0 spiro atoms. The average molecular weight is 434 g/mol. The molecule has 0 aliphatic rings. The number of rotatable bonds is 8.